The number of hydrogen-bond donors (Lipinski definition) is 2. The lowest BCUT2D eigenvalue weighted by atomic mass is 10.3. The van der Waals surface area contributed by atoms with Gasteiger partial charge in [-0.15, -0.1) is 4.58 Å². The van der Waals surface area contributed by atoms with Crippen molar-refractivity contribution < 1.29 is 19.0 Å². The number of allylic oxidation sites excluding steroid dienone is 2. The number of nitrogens with zero attached hydrogens (tertiary/aromatic N) is 3. The third-order valence-corrected chi connectivity index (χ3v) is 4.24. The third-order valence-electron chi connectivity index (χ3n) is 4.24. The maximum atomic E-state index is 10.3. The van der Waals surface area contributed by atoms with Gasteiger partial charge in [-0.25, -0.2) is 9.13 Å². The molecule has 6 nitrogen and oxygen atoms in total. The fraction of sp³-hybridized carbons (Fsp3) is 0.500. The summed E-state index contributed by atoms with van der Waals surface area (Å²) in [5.41, 5.74) is 9.48. The summed E-state index contributed by atoms with van der Waals surface area (Å²) in [7, 11) is 0. The molecule has 1 atom stereocenters. The van der Waals surface area contributed by atoms with Crippen LogP contribution in [0.5, 0.6) is 0 Å². The van der Waals surface area contributed by atoms with Gasteiger partial charge < -0.3 is 15.6 Å². The van der Waals surface area contributed by atoms with Gasteiger partial charge in [0.2, 0.25) is 5.70 Å². The zero-order valence-electron chi connectivity index (χ0n) is 17.4. The normalized spacial score (nSPS) is 13.3. The lowest BCUT2D eigenvalue weighted by Gasteiger charge is -2.09. The first-order chi connectivity index (χ1) is 12.2. The van der Waals surface area contributed by atoms with E-state index in [0.29, 0.717) is 12.2 Å². The van der Waals surface area contributed by atoms with Gasteiger partial charge in [-0.2, -0.15) is 0 Å². The third kappa shape index (κ3) is 5.88. The Hall–Kier alpha value is -2.34. The van der Waals surface area contributed by atoms with Gasteiger partial charge in [-0.3, -0.25) is 0 Å². The van der Waals surface area contributed by atoms with E-state index in [-0.39, 0.29) is 6.61 Å². The van der Waals surface area contributed by atoms with Crippen molar-refractivity contribution in [3.8, 4) is 0 Å². The average molecular weight is 365 g/mol. The van der Waals surface area contributed by atoms with Crippen molar-refractivity contribution in [2.45, 2.75) is 61.1 Å². The van der Waals surface area contributed by atoms with Crippen LogP contribution in [0, 0.1) is 20.8 Å². The highest BCUT2D eigenvalue weighted by molar-refractivity contribution is 5.41. The van der Waals surface area contributed by atoms with Gasteiger partial charge in [0.15, 0.2) is 6.20 Å². The first kappa shape index (κ1) is 23.7. The second-order valence-electron chi connectivity index (χ2n) is 5.83. The first-order valence-electron chi connectivity index (χ1n) is 8.91. The molecule has 1 heterocycles. The smallest absolute Gasteiger partial charge is 0.334 e. The average Bonchev–Trinajstić information content (AvgIpc) is 2.82. The molecule has 0 fully saturated rings. The molecule has 0 spiro atoms. The van der Waals surface area contributed by atoms with Gasteiger partial charge in [-0.05, 0) is 13.5 Å². The summed E-state index contributed by atoms with van der Waals surface area (Å²) >= 11 is 0. The van der Waals surface area contributed by atoms with Crippen LogP contribution in [0.3, 0.4) is 0 Å². The summed E-state index contributed by atoms with van der Waals surface area (Å²) in [6.07, 6.45) is 4.25. The molecule has 1 aromatic heterocycles. The highest BCUT2D eigenvalue weighted by Crippen LogP contribution is 2.08. The molecule has 3 N–H and O–H groups in total. The molecule has 0 aliphatic heterocycles. The van der Waals surface area contributed by atoms with E-state index in [2.05, 4.69) is 17.7 Å². The van der Waals surface area contributed by atoms with Crippen LogP contribution in [0.4, 0.5) is 0 Å². The van der Waals surface area contributed by atoms with Crippen molar-refractivity contribution in [2.24, 2.45) is 5.73 Å². The number of rotatable bonds is 8. The summed E-state index contributed by atoms with van der Waals surface area (Å²) in [6, 6.07) is 0. The van der Waals surface area contributed by atoms with E-state index in [0.717, 1.165) is 22.9 Å². The number of aliphatic hydroxyl groups excluding tert-OH is 1. The van der Waals surface area contributed by atoms with Crippen LogP contribution >= 0.6 is 0 Å². The Balaban J connectivity index is 0.00000301. The lowest BCUT2D eigenvalue weighted by molar-refractivity contribution is -0.714. The Morgan fingerprint density at radius 1 is 1.31 bits per heavy atom. The topological polar surface area (TPSA) is 67.3 Å². The summed E-state index contributed by atoms with van der Waals surface area (Å²) in [6.45, 7) is 21.9. The van der Waals surface area contributed by atoms with Crippen LogP contribution in [-0.2, 0) is 11.3 Å². The van der Waals surface area contributed by atoms with Gasteiger partial charge in [-0.1, -0.05) is 20.4 Å². The molecule has 26 heavy (non-hydrogen) atoms. The second-order valence-corrected chi connectivity index (χ2v) is 5.83. The van der Waals surface area contributed by atoms with Gasteiger partial charge in [0.25, 0.3) is 5.82 Å². The molecular weight excluding hydrogens is 328 g/mol. The maximum absolute atomic E-state index is 10.3. The fourth-order valence-corrected chi connectivity index (χ4v) is 2.48. The van der Waals surface area contributed by atoms with Crippen LogP contribution < -0.4 is 10.3 Å². The van der Waals surface area contributed by atoms with E-state index < -0.39 is 6.10 Å². The monoisotopic (exact) mass is 364 g/mol. The van der Waals surface area contributed by atoms with Crippen molar-refractivity contribution in [3.05, 3.63) is 48.0 Å². The van der Waals surface area contributed by atoms with E-state index in [1.54, 1.807) is 17.0 Å². The van der Waals surface area contributed by atoms with Crippen LogP contribution in [0.2, 0.25) is 0 Å². The SMILES string of the molecule is C=Cn1c(C)c(C)[n+](CC(O)COC=[N+](C=C)/C(C)=C(/C)N)c1C.CC. The van der Waals surface area contributed by atoms with E-state index in [1.807, 2.05) is 53.0 Å². The lowest BCUT2D eigenvalue weighted by Crippen LogP contribution is -2.45. The molecule has 0 saturated carbocycles. The standard InChI is InChI=1S/C18H30N4O2.C2H6/c1-8-20(14(4)13(3)19)12-24-11-18(23)10-22-16(6)15(5)21(9-2)17(22)7;1-2/h8-9,12,18,23H,1-2,10-11,19H2,3-7H3;1-2H3/q+2;/b14-13-,20-12?;. The molecule has 1 unspecified atom stereocenters. The van der Waals surface area contributed by atoms with Crippen LogP contribution in [-0.4, -0.2) is 33.4 Å². The highest BCUT2D eigenvalue weighted by atomic mass is 16.5. The van der Waals surface area contributed by atoms with Gasteiger partial charge in [0, 0.05) is 27.7 Å². The van der Waals surface area contributed by atoms with Gasteiger partial charge in [0.1, 0.15) is 30.6 Å². The maximum Gasteiger partial charge on any atom is 0.334 e. The van der Waals surface area contributed by atoms with E-state index >= 15 is 0 Å². The van der Waals surface area contributed by atoms with Gasteiger partial charge in [0.05, 0.1) is 11.9 Å². The Labute approximate surface area is 158 Å². The van der Waals surface area contributed by atoms with E-state index in [4.69, 9.17) is 10.5 Å². The quantitative estimate of drug-likeness (QED) is 0.423. The summed E-state index contributed by atoms with van der Waals surface area (Å²) in [5, 5.41) is 10.3. The summed E-state index contributed by atoms with van der Waals surface area (Å²) < 4.78 is 11.2. The molecule has 6 heteroatoms. The molecule has 1 aromatic rings. The number of hydrogen-bond acceptors (Lipinski definition) is 3. The Morgan fingerprint density at radius 2 is 1.88 bits per heavy atom. The molecule has 0 aromatic carbocycles. The molecule has 0 aliphatic rings. The molecule has 1 rings (SSSR count). The van der Waals surface area contributed by atoms with E-state index in [9.17, 15) is 5.11 Å². The number of aromatic nitrogens is 2. The van der Waals surface area contributed by atoms with Crippen molar-refractivity contribution in [3.63, 3.8) is 0 Å². The fourth-order valence-electron chi connectivity index (χ4n) is 2.48. The Bertz CT molecular complexity index is 680. The molecule has 0 bridgehead atoms. The predicted molar refractivity (Wildman–Crippen MR) is 108 cm³/mol. The van der Waals surface area contributed by atoms with Crippen molar-refractivity contribution in [1.29, 1.82) is 0 Å². The molecule has 146 valence electrons. The number of nitrogens with two attached hydrogens (primary N) is 1. The molecule has 0 aliphatic carbocycles. The van der Waals surface area contributed by atoms with Crippen molar-refractivity contribution in [1.82, 2.24) is 4.57 Å². The number of imidazole rings is 1. The highest BCUT2D eigenvalue weighted by Gasteiger charge is 2.23. The summed E-state index contributed by atoms with van der Waals surface area (Å²) in [4.78, 5) is 0. The minimum absolute atomic E-state index is 0.172. The minimum atomic E-state index is -0.640. The minimum Gasteiger partial charge on any atom is -0.447 e. The molecule has 0 saturated heterocycles. The van der Waals surface area contributed by atoms with Crippen LogP contribution in [0.25, 0.3) is 6.20 Å². The molecule has 0 radical (unpaired) electrons. The first-order valence-corrected chi connectivity index (χ1v) is 8.91. The summed E-state index contributed by atoms with van der Waals surface area (Å²) in [5.74, 6) is 1.02. The molecular formula is C20H36N4O2+2. The Kier molecular flexibility index (Phi) is 10.3. The van der Waals surface area contributed by atoms with Crippen LogP contribution in [0.15, 0.2) is 30.8 Å². The van der Waals surface area contributed by atoms with Crippen molar-refractivity contribution in [2.75, 3.05) is 6.61 Å². The zero-order valence-corrected chi connectivity index (χ0v) is 17.4. The van der Waals surface area contributed by atoms with Gasteiger partial charge >= 0.3 is 6.40 Å². The molecule has 0 amide bonds. The zero-order chi connectivity index (χ0) is 20.4. The number of aliphatic hydroxyl groups is 1. The predicted octanol–water partition coefficient (Wildman–Crippen LogP) is 2.60. The van der Waals surface area contributed by atoms with Crippen LogP contribution in [0.1, 0.15) is 44.9 Å². The largest absolute Gasteiger partial charge is 0.447 e. The van der Waals surface area contributed by atoms with E-state index in [1.165, 1.54) is 6.40 Å². The second kappa shape index (κ2) is 11.3. The number of ether oxygens (including phenoxy) is 1. The van der Waals surface area contributed by atoms with Crippen molar-refractivity contribution >= 4 is 12.6 Å². The Morgan fingerprint density at radius 3 is 2.31 bits per heavy atom.